The van der Waals surface area contributed by atoms with Gasteiger partial charge in [-0.3, -0.25) is 9.59 Å². The van der Waals surface area contributed by atoms with Gasteiger partial charge in [0.05, 0.1) is 7.11 Å². The fourth-order valence-electron chi connectivity index (χ4n) is 2.96. The first kappa shape index (κ1) is 18.2. The van der Waals surface area contributed by atoms with Crippen molar-refractivity contribution < 1.29 is 33.4 Å². The van der Waals surface area contributed by atoms with Gasteiger partial charge in [0.1, 0.15) is 27.7 Å². The van der Waals surface area contributed by atoms with Gasteiger partial charge >= 0.3 is 11.9 Å². The first-order valence-corrected chi connectivity index (χ1v) is 7.91. The van der Waals surface area contributed by atoms with Gasteiger partial charge in [-0.25, -0.2) is 9.59 Å². The number of fused-ring (bicyclic) bond motifs is 2. The molecule has 0 unspecified atom stereocenters. The second-order valence-electron chi connectivity index (χ2n) is 5.73. The summed E-state index contributed by atoms with van der Waals surface area (Å²) in [7, 11) is 1.23. The third-order valence-corrected chi connectivity index (χ3v) is 4.02. The van der Waals surface area contributed by atoms with Gasteiger partial charge < -0.3 is 23.8 Å². The Morgan fingerprint density at radius 3 is 1.74 bits per heavy atom. The Balaban J connectivity index is 2.68. The average Bonchev–Trinajstić information content (AvgIpc) is 2.61. The molecule has 0 atom stereocenters. The molecule has 0 fully saturated rings. The molecule has 0 amide bonds. The van der Waals surface area contributed by atoms with Crippen LogP contribution in [0.4, 0.5) is 0 Å². The number of aryl methyl sites for hydroxylation is 1. The van der Waals surface area contributed by atoms with Crippen molar-refractivity contribution in [3.8, 4) is 5.75 Å². The summed E-state index contributed by atoms with van der Waals surface area (Å²) in [5.74, 6) is -4.24. The summed E-state index contributed by atoms with van der Waals surface area (Å²) >= 11 is 0. The normalized spacial score (nSPS) is 11.0. The lowest BCUT2D eigenvalue weighted by molar-refractivity contribution is 0.0654. The Labute approximate surface area is 150 Å². The van der Waals surface area contributed by atoms with E-state index in [1.54, 1.807) is 6.92 Å². The highest BCUT2D eigenvalue weighted by Gasteiger charge is 2.25. The van der Waals surface area contributed by atoms with E-state index in [-0.39, 0.29) is 39.7 Å². The second-order valence-corrected chi connectivity index (χ2v) is 5.73. The SMILES string of the molecule is CCCc1c2oc(C(=O)O)cc(=O)c2c(OC)c2c(=O)cc(C(=O)O)oc12. The summed E-state index contributed by atoms with van der Waals surface area (Å²) in [6, 6.07) is 1.59. The lowest BCUT2D eigenvalue weighted by Gasteiger charge is -2.13. The summed E-state index contributed by atoms with van der Waals surface area (Å²) in [5, 5.41) is 18.1. The molecule has 1 aromatic carbocycles. The van der Waals surface area contributed by atoms with Crippen LogP contribution in [0.3, 0.4) is 0 Å². The topological polar surface area (TPSA) is 144 Å². The Kier molecular flexibility index (Phi) is 4.44. The van der Waals surface area contributed by atoms with Crippen LogP contribution in [-0.2, 0) is 6.42 Å². The highest BCUT2D eigenvalue weighted by molar-refractivity contribution is 6.05. The predicted octanol–water partition coefficient (Wildman–Crippen LogP) is 2.26. The van der Waals surface area contributed by atoms with Crippen LogP contribution in [0.15, 0.2) is 30.6 Å². The molecule has 27 heavy (non-hydrogen) atoms. The molecule has 9 nitrogen and oxygen atoms in total. The number of benzene rings is 1. The van der Waals surface area contributed by atoms with Gasteiger partial charge in [-0.1, -0.05) is 13.3 Å². The lowest BCUT2D eigenvalue weighted by Crippen LogP contribution is -2.13. The number of aromatic carboxylic acids is 2. The number of carboxylic acid groups (broad SMARTS) is 2. The van der Waals surface area contributed by atoms with Crippen LogP contribution in [0.2, 0.25) is 0 Å². The second kappa shape index (κ2) is 6.60. The molecule has 0 aliphatic carbocycles. The number of rotatable bonds is 5. The molecule has 0 spiro atoms. The van der Waals surface area contributed by atoms with Crippen LogP contribution >= 0.6 is 0 Å². The number of hydrogen-bond acceptors (Lipinski definition) is 7. The number of carbonyl (C=O) groups is 2. The zero-order valence-corrected chi connectivity index (χ0v) is 14.3. The van der Waals surface area contributed by atoms with Gasteiger partial charge in [-0.15, -0.1) is 0 Å². The number of hydrogen-bond donors (Lipinski definition) is 2. The van der Waals surface area contributed by atoms with E-state index in [1.807, 2.05) is 0 Å². The van der Waals surface area contributed by atoms with Crippen molar-refractivity contribution in [2.45, 2.75) is 19.8 Å². The summed E-state index contributed by atoms with van der Waals surface area (Å²) in [6.45, 7) is 1.81. The van der Waals surface area contributed by atoms with Crippen molar-refractivity contribution in [2.75, 3.05) is 7.11 Å². The molecule has 2 N–H and O–H groups in total. The Bertz CT molecular complexity index is 1120. The van der Waals surface area contributed by atoms with E-state index in [1.165, 1.54) is 7.11 Å². The van der Waals surface area contributed by atoms with Gasteiger partial charge in [0, 0.05) is 17.7 Å². The molecule has 3 rings (SSSR count). The van der Waals surface area contributed by atoms with Crippen molar-refractivity contribution >= 4 is 33.9 Å². The molecule has 0 aliphatic rings. The number of methoxy groups -OCH3 is 1. The minimum Gasteiger partial charge on any atom is -0.495 e. The smallest absolute Gasteiger partial charge is 0.371 e. The van der Waals surface area contributed by atoms with Crippen molar-refractivity contribution in [1.29, 1.82) is 0 Å². The van der Waals surface area contributed by atoms with E-state index in [9.17, 15) is 29.4 Å². The third-order valence-electron chi connectivity index (χ3n) is 4.02. The Morgan fingerprint density at radius 2 is 1.41 bits per heavy atom. The van der Waals surface area contributed by atoms with Crippen molar-refractivity contribution in [3.63, 3.8) is 0 Å². The van der Waals surface area contributed by atoms with Gasteiger partial charge in [0.25, 0.3) is 0 Å². The molecule has 0 bridgehead atoms. The summed E-state index contributed by atoms with van der Waals surface area (Å²) in [5.41, 5.74) is -1.41. The maximum Gasteiger partial charge on any atom is 0.371 e. The molecule has 9 heteroatoms. The fourth-order valence-corrected chi connectivity index (χ4v) is 2.96. The monoisotopic (exact) mass is 374 g/mol. The molecule has 0 saturated heterocycles. The van der Waals surface area contributed by atoms with Crippen LogP contribution in [0.25, 0.3) is 21.9 Å². The molecular formula is C18H14O9. The van der Waals surface area contributed by atoms with Gasteiger partial charge in [0.2, 0.25) is 11.5 Å². The minimum atomic E-state index is -1.45. The molecule has 0 saturated carbocycles. The van der Waals surface area contributed by atoms with E-state index in [0.717, 1.165) is 12.1 Å². The molecule has 140 valence electrons. The summed E-state index contributed by atoms with van der Waals surface area (Å²) < 4.78 is 16.0. The van der Waals surface area contributed by atoms with E-state index in [4.69, 9.17) is 13.6 Å². The van der Waals surface area contributed by atoms with E-state index in [0.29, 0.717) is 6.42 Å². The standard InChI is InChI=1S/C18H14O9/c1-3-4-7-14-12(8(19)5-10(26-14)17(21)22)16(25-2)13-9(20)6-11(18(23)24)27-15(7)13/h5-6H,3-4H2,1-2H3,(H,21,22)(H,23,24). The van der Waals surface area contributed by atoms with Crippen LogP contribution in [-0.4, -0.2) is 29.3 Å². The third kappa shape index (κ3) is 2.82. The van der Waals surface area contributed by atoms with Crippen molar-refractivity contribution in [2.24, 2.45) is 0 Å². The van der Waals surface area contributed by atoms with Crippen LogP contribution in [0.1, 0.15) is 40.0 Å². The lowest BCUT2D eigenvalue weighted by atomic mass is 10.0. The fraction of sp³-hybridized carbons (Fsp3) is 0.222. The minimum absolute atomic E-state index is 0.103. The molecule has 3 aromatic rings. The zero-order chi connectivity index (χ0) is 19.9. The average molecular weight is 374 g/mol. The number of carboxylic acids is 2. The Morgan fingerprint density at radius 1 is 0.963 bits per heavy atom. The maximum absolute atomic E-state index is 12.5. The van der Waals surface area contributed by atoms with E-state index < -0.39 is 34.3 Å². The summed E-state index contributed by atoms with van der Waals surface area (Å²) in [6.07, 6.45) is 0.771. The first-order chi connectivity index (χ1) is 12.8. The molecule has 0 radical (unpaired) electrons. The highest BCUT2D eigenvalue weighted by Crippen LogP contribution is 2.36. The Hall–Kier alpha value is -3.62. The van der Waals surface area contributed by atoms with Crippen LogP contribution in [0, 0.1) is 0 Å². The van der Waals surface area contributed by atoms with Crippen LogP contribution < -0.4 is 15.6 Å². The predicted molar refractivity (Wildman–Crippen MR) is 93.0 cm³/mol. The number of ether oxygens (including phenoxy) is 1. The molecule has 2 aromatic heterocycles. The molecular weight excluding hydrogens is 360 g/mol. The quantitative estimate of drug-likeness (QED) is 0.642. The maximum atomic E-state index is 12.5. The van der Waals surface area contributed by atoms with Crippen LogP contribution in [0.5, 0.6) is 5.75 Å². The van der Waals surface area contributed by atoms with Crippen molar-refractivity contribution in [1.82, 2.24) is 0 Å². The van der Waals surface area contributed by atoms with Gasteiger partial charge in [0.15, 0.2) is 10.9 Å². The largest absolute Gasteiger partial charge is 0.495 e. The van der Waals surface area contributed by atoms with E-state index in [2.05, 4.69) is 0 Å². The summed E-state index contributed by atoms with van der Waals surface area (Å²) in [4.78, 5) is 47.6. The van der Waals surface area contributed by atoms with Gasteiger partial charge in [-0.05, 0) is 6.42 Å². The van der Waals surface area contributed by atoms with E-state index >= 15 is 0 Å². The van der Waals surface area contributed by atoms with Crippen molar-refractivity contribution in [3.05, 3.63) is 49.7 Å². The molecule has 0 aliphatic heterocycles. The molecule has 2 heterocycles. The highest BCUT2D eigenvalue weighted by atomic mass is 16.5. The first-order valence-electron chi connectivity index (χ1n) is 7.91. The zero-order valence-electron chi connectivity index (χ0n) is 14.3. The van der Waals surface area contributed by atoms with Gasteiger partial charge in [-0.2, -0.15) is 0 Å².